The Labute approximate surface area is 120 Å². The number of rotatable bonds is 0. The molecule has 0 aromatic heterocycles. The van der Waals surface area contributed by atoms with Gasteiger partial charge in [0, 0.05) is 12.0 Å². The van der Waals surface area contributed by atoms with Gasteiger partial charge in [0.15, 0.2) is 0 Å². The second kappa shape index (κ2) is 7.04. The van der Waals surface area contributed by atoms with Crippen molar-refractivity contribution in [1.29, 1.82) is 0 Å². The fraction of sp³-hybridized carbons (Fsp3) is 0.688. The summed E-state index contributed by atoms with van der Waals surface area (Å²) in [6.07, 6.45) is 9.85. The second-order valence-electron chi connectivity index (χ2n) is 5.84. The number of esters is 1. The van der Waals surface area contributed by atoms with E-state index < -0.39 is 18.2 Å². The van der Waals surface area contributed by atoms with E-state index in [1.807, 2.05) is 13.0 Å². The minimum atomic E-state index is -0.717. The van der Waals surface area contributed by atoms with E-state index >= 15 is 0 Å². The Morgan fingerprint density at radius 2 is 2.00 bits per heavy atom. The molecule has 2 aliphatic rings. The van der Waals surface area contributed by atoms with Crippen molar-refractivity contribution in [2.24, 2.45) is 11.8 Å². The maximum absolute atomic E-state index is 11.6. The molecule has 0 amide bonds. The predicted molar refractivity (Wildman–Crippen MR) is 75.9 cm³/mol. The van der Waals surface area contributed by atoms with Gasteiger partial charge in [-0.05, 0) is 51.0 Å². The zero-order valence-electron chi connectivity index (χ0n) is 11.9. The first kappa shape index (κ1) is 15.3. The van der Waals surface area contributed by atoms with E-state index in [9.17, 15) is 15.0 Å². The van der Waals surface area contributed by atoms with Crippen molar-refractivity contribution in [2.75, 3.05) is 0 Å². The largest absolute Gasteiger partial charge is 0.460 e. The molecule has 4 nitrogen and oxygen atoms in total. The number of hydrogen-bond donors (Lipinski definition) is 2. The van der Waals surface area contributed by atoms with Gasteiger partial charge in [0.25, 0.3) is 0 Å². The smallest absolute Gasteiger partial charge is 0.330 e. The van der Waals surface area contributed by atoms with Crippen LogP contribution in [0.3, 0.4) is 0 Å². The lowest BCUT2D eigenvalue weighted by molar-refractivity contribution is -0.142. The van der Waals surface area contributed by atoms with Crippen molar-refractivity contribution in [2.45, 2.75) is 57.3 Å². The van der Waals surface area contributed by atoms with Crippen LogP contribution in [-0.4, -0.2) is 34.5 Å². The average Bonchev–Trinajstić information content (AvgIpc) is 2.76. The zero-order chi connectivity index (χ0) is 14.5. The molecule has 5 unspecified atom stereocenters. The number of cyclic esters (lactones) is 1. The van der Waals surface area contributed by atoms with Gasteiger partial charge in [-0.3, -0.25) is 0 Å². The SMILES string of the molecule is CC1CCCC=CC2C(O)CCC2C(O)C=CC(=O)O1. The Morgan fingerprint density at radius 3 is 2.80 bits per heavy atom. The highest BCUT2D eigenvalue weighted by Crippen LogP contribution is 2.36. The van der Waals surface area contributed by atoms with E-state index in [0.29, 0.717) is 6.42 Å². The maximum Gasteiger partial charge on any atom is 0.330 e. The predicted octanol–water partition coefficient (Wildman–Crippen LogP) is 1.96. The van der Waals surface area contributed by atoms with Gasteiger partial charge < -0.3 is 14.9 Å². The van der Waals surface area contributed by atoms with E-state index in [-0.39, 0.29) is 17.9 Å². The highest BCUT2D eigenvalue weighted by atomic mass is 16.5. The molecule has 1 heterocycles. The third-order valence-electron chi connectivity index (χ3n) is 4.26. The monoisotopic (exact) mass is 280 g/mol. The summed E-state index contributed by atoms with van der Waals surface area (Å²) >= 11 is 0. The summed E-state index contributed by atoms with van der Waals surface area (Å²) in [7, 11) is 0. The minimum absolute atomic E-state index is 0.0242. The minimum Gasteiger partial charge on any atom is -0.460 e. The van der Waals surface area contributed by atoms with Gasteiger partial charge in [-0.2, -0.15) is 0 Å². The molecule has 0 spiro atoms. The van der Waals surface area contributed by atoms with Crippen LogP contribution in [0.5, 0.6) is 0 Å². The number of fused-ring (bicyclic) bond motifs is 1. The van der Waals surface area contributed by atoms with Gasteiger partial charge in [-0.25, -0.2) is 4.79 Å². The summed E-state index contributed by atoms with van der Waals surface area (Å²) in [6.45, 7) is 1.88. The van der Waals surface area contributed by atoms with Crippen LogP contribution in [-0.2, 0) is 9.53 Å². The molecule has 4 heteroatoms. The first-order chi connectivity index (χ1) is 9.58. The number of hydrogen-bond acceptors (Lipinski definition) is 4. The van der Waals surface area contributed by atoms with E-state index in [0.717, 1.165) is 25.7 Å². The van der Waals surface area contributed by atoms with Crippen molar-refractivity contribution >= 4 is 5.97 Å². The molecule has 2 N–H and O–H groups in total. The van der Waals surface area contributed by atoms with Crippen LogP contribution in [0.15, 0.2) is 24.3 Å². The average molecular weight is 280 g/mol. The molecule has 0 radical (unpaired) electrons. The van der Waals surface area contributed by atoms with E-state index in [1.165, 1.54) is 12.2 Å². The molecule has 112 valence electrons. The Kier molecular flexibility index (Phi) is 5.38. The number of aliphatic hydroxyl groups excluding tert-OH is 2. The Hall–Kier alpha value is -1.13. The van der Waals surface area contributed by atoms with Crippen LogP contribution >= 0.6 is 0 Å². The highest BCUT2D eigenvalue weighted by molar-refractivity contribution is 5.82. The molecule has 0 aromatic carbocycles. The molecular weight excluding hydrogens is 256 g/mol. The number of allylic oxidation sites excluding steroid dienone is 1. The van der Waals surface area contributed by atoms with Crippen LogP contribution in [0.2, 0.25) is 0 Å². The number of carbonyl (C=O) groups is 1. The first-order valence-corrected chi connectivity index (χ1v) is 7.49. The third kappa shape index (κ3) is 3.93. The Balaban J connectivity index is 2.12. The van der Waals surface area contributed by atoms with Crippen molar-refractivity contribution in [1.82, 2.24) is 0 Å². The summed E-state index contributed by atoms with van der Waals surface area (Å²) in [5.74, 6) is -0.453. The van der Waals surface area contributed by atoms with Gasteiger partial charge in [0.1, 0.15) is 0 Å². The van der Waals surface area contributed by atoms with E-state index in [4.69, 9.17) is 4.74 Å². The molecule has 2 rings (SSSR count). The number of ether oxygens (including phenoxy) is 1. The fourth-order valence-corrected chi connectivity index (χ4v) is 3.10. The van der Waals surface area contributed by atoms with Crippen LogP contribution < -0.4 is 0 Å². The van der Waals surface area contributed by atoms with Crippen molar-refractivity contribution in [3.8, 4) is 0 Å². The fourth-order valence-electron chi connectivity index (χ4n) is 3.10. The van der Waals surface area contributed by atoms with Gasteiger partial charge in [0.2, 0.25) is 0 Å². The summed E-state index contributed by atoms with van der Waals surface area (Å²) < 4.78 is 5.23. The maximum atomic E-state index is 11.6. The van der Waals surface area contributed by atoms with Gasteiger partial charge >= 0.3 is 5.97 Å². The van der Waals surface area contributed by atoms with Crippen LogP contribution in [0.1, 0.15) is 39.0 Å². The lowest BCUT2D eigenvalue weighted by Crippen LogP contribution is -2.26. The quantitative estimate of drug-likeness (QED) is 0.526. The normalized spacial score (nSPS) is 39.4. The molecule has 1 aliphatic carbocycles. The summed E-state index contributed by atoms with van der Waals surface area (Å²) in [4.78, 5) is 11.6. The summed E-state index contributed by atoms with van der Waals surface area (Å²) in [5.41, 5.74) is 0. The molecule has 1 saturated carbocycles. The Bertz CT molecular complexity index is 388. The third-order valence-corrected chi connectivity index (χ3v) is 4.26. The number of carbonyl (C=O) groups excluding carboxylic acids is 1. The summed E-state index contributed by atoms with van der Waals surface area (Å²) in [5, 5.41) is 20.2. The molecule has 0 aromatic rings. The summed E-state index contributed by atoms with van der Waals surface area (Å²) in [6, 6.07) is 0. The molecule has 0 bridgehead atoms. The topological polar surface area (TPSA) is 66.8 Å². The van der Waals surface area contributed by atoms with Gasteiger partial charge in [-0.15, -0.1) is 0 Å². The first-order valence-electron chi connectivity index (χ1n) is 7.49. The van der Waals surface area contributed by atoms with Gasteiger partial charge in [-0.1, -0.05) is 12.2 Å². The van der Waals surface area contributed by atoms with E-state index in [2.05, 4.69) is 6.08 Å². The molecular formula is C16H24O4. The zero-order valence-corrected chi connectivity index (χ0v) is 11.9. The lowest BCUT2D eigenvalue weighted by Gasteiger charge is -2.21. The Morgan fingerprint density at radius 1 is 1.20 bits per heavy atom. The van der Waals surface area contributed by atoms with Crippen molar-refractivity contribution < 1.29 is 19.7 Å². The second-order valence-corrected chi connectivity index (χ2v) is 5.84. The highest BCUT2D eigenvalue weighted by Gasteiger charge is 2.36. The van der Waals surface area contributed by atoms with Crippen molar-refractivity contribution in [3.63, 3.8) is 0 Å². The molecule has 1 fully saturated rings. The van der Waals surface area contributed by atoms with Crippen molar-refractivity contribution in [3.05, 3.63) is 24.3 Å². The lowest BCUT2D eigenvalue weighted by atomic mass is 9.89. The van der Waals surface area contributed by atoms with E-state index in [1.54, 1.807) is 0 Å². The van der Waals surface area contributed by atoms with Gasteiger partial charge in [0.05, 0.1) is 18.3 Å². The van der Waals surface area contributed by atoms with Crippen LogP contribution in [0.25, 0.3) is 0 Å². The molecule has 20 heavy (non-hydrogen) atoms. The molecule has 0 saturated heterocycles. The van der Waals surface area contributed by atoms with Crippen LogP contribution in [0, 0.1) is 11.8 Å². The number of aliphatic hydroxyl groups is 2. The standard InChI is InChI=1S/C16H24O4/c1-11-5-3-2-4-6-12-13(7-8-14(12)17)15(18)9-10-16(19)20-11/h4,6,9-15,17-18H,2-3,5,7-8H2,1H3. The molecule has 1 aliphatic heterocycles. The molecule has 5 atom stereocenters. The van der Waals surface area contributed by atoms with Crippen LogP contribution in [0.4, 0.5) is 0 Å².